The van der Waals surface area contributed by atoms with Gasteiger partial charge in [-0.05, 0) is 44.0 Å². The van der Waals surface area contributed by atoms with Crippen LogP contribution in [0.15, 0.2) is 59.8 Å². The summed E-state index contributed by atoms with van der Waals surface area (Å²) in [5, 5.41) is 0.616. The number of nitrogens with zero attached hydrogens (tertiary/aromatic N) is 1. The summed E-state index contributed by atoms with van der Waals surface area (Å²) in [5.74, 6) is -0.716. The Morgan fingerprint density at radius 1 is 1.18 bits per heavy atom. The molecule has 0 N–H and O–H groups in total. The fourth-order valence-corrected chi connectivity index (χ4v) is 3.78. The largest absolute Gasteiger partial charge is 0.463 e. The summed E-state index contributed by atoms with van der Waals surface area (Å²) < 4.78 is 5.32. The topological polar surface area (TPSA) is 46.6 Å². The van der Waals surface area contributed by atoms with Crippen molar-refractivity contribution in [3.8, 4) is 0 Å². The van der Waals surface area contributed by atoms with Crippen molar-refractivity contribution in [1.29, 1.82) is 0 Å². The number of carbonyl (C=O) groups is 2. The molecular weight excluding hydrogens is 374 g/mol. The van der Waals surface area contributed by atoms with Gasteiger partial charge >= 0.3 is 5.97 Å². The lowest BCUT2D eigenvalue weighted by Crippen LogP contribution is -2.38. The Hall–Kier alpha value is -2.59. The minimum Gasteiger partial charge on any atom is -0.463 e. The Balaban J connectivity index is 2.02. The number of halogens is 1. The third kappa shape index (κ3) is 4.28. The standard InChI is InChI=1S/C23H24ClNO3/c1-4-28-23(27)22-16(3)25(14-17-7-5-6-15(2)12-17)21(26)13-20(22)18-8-10-19(24)11-9-18/h5-12,20H,4,13-14H2,1-3H3/t20-/m0/s1. The number of hydrogen-bond acceptors (Lipinski definition) is 3. The molecule has 4 nitrogen and oxygen atoms in total. The summed E-state index contributed by atoms with van der Waals surface area (Å²) in [6.07, 6.45) is 0.221. The van der Waals surface area contributed by atoms with Crippen LogP contribution in [0.3, 0.4) is 0 Å². The van der Waals surface area contributed by atoms with E-state index in [9.17, 15) is 9.59 Å². The number of allylic oxidation sites excluding steroid dienone is 1. The van der Waals surface area contributed by atoms with Crippen molar-refractivity contribution in [2.75, 3.05) is 6.61 Å². The van der Waals surface area contributed by atoms with Gasteiger partial charge in [0.1, 0.15) is 0 Å². The molecule has 0 radical (unpaired) electrons. The Bertz CT molecular complexity index is 918. The minimum absolute atomic E-state index is 0.00740. The predicted molar refractivity (Wildman–Crippen MR) is 110 cm³/mol. The van der Waals surface area contributed by atoms with E-state index in [0.29, 0.717) is 22.8 Å². The number of rotatable bonds is 5. The molecule has 1 amide bonds. The van der Waals surface area contributed by atoms with Crippen LogP contribution < -0.4 is 0 Å². The van der Waals surface area contributed by atoms with E-state index in [1.807, 2.05) is 44.2 Å². The van der Waals surface area contributed by atoms with Crippen molar-refractivity contribution in [3.05, 3.63) is 81.5 Å². The minimum atomic E-state index is -0.373. The molecule has 1 heterocycles. The fourth-order valence-electron chi connectivity index (χ4n) is 3.65. The monoisotopic (exact) mass is 397 g/mol. The maximum Gasteiger partial charge on any atom is 0.336 e. The second-order valence-electron chi connectivity index (χ2n) is 7.00. The lowest BCUT2D eigenvalue weighted by atomic mass is 9.83. The summed E-state index contributed by atoms with van der Waals surface area (Å²) in [7, 11) is 0. The second kappa shape index (κ2) is 8.61. The van der Waals surface area contributed by atoms with Crippen LogP contribution in [0.5, 0.6) is 0 Å². The number of aryl methyl sites for hydroxylation is 1. The molecule has 0 fully saturated rings. The average Bonchev–Trinajstić information content (AvgIpc) is 2.65. The van der Waals surface area contributed by atoms with Crippen LogP contribution in [-0.4, -0.2) is 23.4 Å². The molecule has 0 spiro atoms. The SMILES string of the molecule is CCOC(=O)C1=C(C)N(Cc2cccc(C)c2)C(=O)C[C@H]1c1ccc(Cl)cc1. The zero-order valence-corrected chi connectivity index (χ0v) is 17.1. The third-order valence-corrected chi connectivity index (χ3v) is 5.27. The van der Waals surface area contributed by atoms with Crippen molar-refractivity contribution in [2.45, 2.75) is 39.7 Å². The predicted octanol–water partition coefficient (Wildman–Crippen LogP) is 5.00. The van der Waals surface area contributed by atoms with E-state index in [-0.39, 0.29) is 30.8 Å². The zero-order chi connectivity index (χ0) is 20.3. The highest BCUT2D eigenvalue weighted by molar-refractivity contribution is 6.30. The molecule has 0 bridgehead atoms. The van der Waals surface area contributed by atoms with Crippen LogP contribution in [0.2, 0.25) is 5.02 Å². The molecule has 2 aromatic carbocycles. The van der Waals surface area contributed by atoms with Gasteiger partial charge in [0.25, 0.3) is 0 Å². The molecule has 0 unspecified atom stereocenters. The zero-order valence-electron chi connectivity index (χ0n) is 16.4. The van der Waals surface area contributed by atoms with Crippen LogP contribution in [-0.2, 0) is 20.9 Å². The maximum atomic E-state index is 13.0. The lowest BCUT2D eigenvalue weighted by Gasteiger charge is -2.34. The fraction of sp³-hybridized carbons (Fsp3) is 0.304. The highest BCUT2D eigenvalue weighted by atomic mass is 35.5. The molecule has 0 aromatic heterocycles. The highest BCUT2D eigenvalue weighted by Crippen LogP contribution is 2.38. The van der Waals surface area contributed by atoms with E-state index in [1.165, 1.54) is 0 Å². The lowest BCUT2D eigenvalue weighted by molar-refractivity contribution is -0.140. The van der Waals surface area contributed by atoms with Crippen LogP contribution in [0, 0.1) is 6.92 Å². The van der Waals surface area contributed by atoms with Crippen LogP contribution in [0.4, 0.5) is 0 Å². The van der Waals surface area contributed by atoms with Gasteiger partial charge in [0, 0.05) is 23.1 Å². The summed E-state index contributed by atoms with van der Waals surface area (Å²) in [6, 6.07) is 15.3. The van der Waals surface area contributed by atoms with Gasteiger partial charge in [-0.25, -0.2) is 4.79 Å². The number of benzene rings is 2. The number of carbonyl (C=O) groups excluding carboxylic acids is 2. The molecule has 1 atom stereocenters. The molecule has 0 aliphatic carbocycles. The molecule has 28 heavy (non-hydrogen) atoms. The molecule has 2 aromatic rings. The van der Waals surface area contributed by atoms with Crippen molar-refractivity contribution in [3.63, 3.8) is 0 Å². The number of hydrogen-bond donors (Lipinski definition) is 0. The Labute approximate surface area is 170 Å². The number of ether oxygens (including phenoxy) is 1. The smallest absolute Gasteiger partial charge is 0.336 e. The Morgan fingerprint density at radius 3 is 2.54 bits per heavy atom. The summed E-state index contributed by atoms with van der Waals surface area (Å²) in [4.78, 5) is 27.4. The van der Waals surface area contributed by atoms with E-state index >= 15 is 0 Å². The molecule has 0 saturated heterocycles. The van der Waals surface area contributed by atoms with E-state index < -0.39 is 0 Å². The Morgan fingerprint density at radius 2 is 1.89 bits per heavy atom. The molecule has 146 valence electrons. The quantitative estimate of drug-likeness (QED) is 0.667. The first-order valence-electron chi connectivity index (χ1n) is 9.40. The molecule has 3 rings (SSSR count). The molecule has 0 saturated carbocycles. The van der Waals surface area contributed by atoms with E-state index in [0.717, 1.165) is 16.7 Å². The van der Waals surface area contributed by atoms with Crippen molar-refractivity contribution >= 4 is 23.5 Å². The molecule has 1 aliphatic heterocycles. The normalized spacial score (nSPS) is 17.1. The molecule has 1 aliphatic rings. The van der Waals surface area contributed by atoms with Gasteiger partial charge in [-0.3, -0.25) is 4.79 Å². The molecular formula is C23H24ClNO3. The van der Waals surface area contributed by atoms with Crippen LogP contribution in [0.1, 0.15) is 42.9 Å². The molecule has 5 heteroatoms. The number of amides is 1. The van der Waals surface area contributed by atoms with Crippen molar-refractivity contribution in [2.24, 2.45) is 0 Å². The van der Waals surface area contributed by atoms with E-state index in [2.05, 4.69) is 6.07 Å². The summed E-state index contributed by atoms with van der Waals surface area (Å²) >= 11 is 6.00. The number of esters is 1. The van der Waals surface area contributed by atoms with Gasteiger partial charge < -0.3 is 9.64 Å². The second-order valence-corrected chi connectivity index (χ2v) is 7.43. The third-order valence-electron chi connectivity index (χ3n) is 5.01. The van der Waals surface area contributed by atoms with Gasteiger partial charge in [-0.15, -0.1) is 0 Å². The Kier molecular flexibility index (Phi) is 6.20. The first-order valence-corrected chi connectivity index (χ1v) is 9.77. The first kappa shape index (κ1) is 20.2. The van der Waals surface area contributed by atoms with E-state index in [4.69, 9.17) is 16.3 Å². The van der Waals surface area contributed by atoms with Gasteiger partial charge in [0.15, 0.2) is 0 Å². The van der Waals surface area contributed by atoms with Gasteiger partial charge in [0.05, 0.1) is 18.7 Å². The van der Waals surface area contributed by atoms with Crippen molar-refractivity contribution in [1.82, 2.24) is 4.90 Å². The van der Waals surface area contributed by atoms with Crippen LogP contribution in [0.25, 0.3) is 0 Å². The van der Waals surface area contributed by atoms with Crippen molar-refractivity contribution < 1.29 is 14.3 Å². The van der Waals surface area contributed by atoms with Crippen LogP contribution >= 0.6 is 11.6 Å². The highest BCUT2D eigenvalue weighted by Gasteiger charge is 2.36. The van der Waals surface area contributed by atoms with Gasteiger partial charge in [-0.1, -0.05) is 53.6 Å². The maximum absolute atomic E-state index is 13.0. The van der Waals surface area contributed by atoms with Gasteiger partial charge in [-0.2, -0.15) is 0 Å². The van der Waals surface area contributed by atoms with Gasteiger partial charge in [0.2, 0.25) is 5.91 Å². The summed E-state index contributed by atoms with van der Waals surface area (Å²) in [6.45, 7) is 6.34. The summed E-state index contributed by atoms with van der Waals surface area (Å²) in [5.41, 5.74) is 4.23. The average molecular weight is 398 g/mol. The van der Waals surface area contributed by atoms with E-state index in [1.54, 1.807) is 24.0 Å². The first-order chi connectivity index (χ1) is 13.4.